The molecule has 0 saturated carbocycles. The zero-order valence-electron chi connectivity index (χ0n) is 9.59. The van der Waals surface area contributed by atoms with Gasteiger partial charge in [0.2, 0.25) is 0 Å². The van der Waals surface area contributed by atoms with E-state index in [1.54, 1.807) is 0 Å². The topological polar surface area (TPSA) is 92.2 Å². The van der Waals surface area contributed by atoms with Gasteiger partial charge in [-0.15, -0.1) is 0 Å². The van der Waals surface area contributed by atoms with Crippen molar-refractivity contribution in [1.29, 1.82) is 0 Å². The van der Waals surface area contributed by atoms with Gasteiger partial charge in [-0.2, -0.15) is 0 Å². The van der Waals surface area contributed by atoms with E-state index in [1.165, 1.54) is 18.6 Å². The van der Waals surface area contributed by atoms with E-state index >= 15 is 0 Å². The Morgan fingerprint density at radius 1 is 1.47 bits per heavy atom. The Bertz CT molecular complexity index is 381. The van der Waals surface area contributed by atoms with Crippen LogP contribution in [0, 0.1) is 0 Å². The molecule has 0 radical (unpaired) electrons. The number of nitrogens with zero attached hydrogens (tertiary/aromatic N) is 2. The lowest BCUT2D eigenvalue weighted by Crippen LogP contribution is -2.41. The van der Waals surface area contributed by atoms with E-state index in [0.29, 0.717) is 6.42 Å². The Kier molecular flexibility index (Phi) is 5.06. The van der Waals surface area contributed by atoms with Crippen LogP contribution in [0.3, 0.4) is 0 Å². The highest BCUT2D eigenvalue weighted by Crippen LogP contribution is 2.02. The molecule has 1 aromatic rings. The van der Waals surface area contributed by atoms with E-state index in [2.05, 4.69) is 15.3 Å². The van der Waals surface area contributed by atoms with Crippen LogP contribution >= 0.6 is 0 Å². The summed E-state index contributed by atoms with van der Waals surface area (Å²) in [6.45, 7) is 1.96. The van der Waals surface area contributed by atoms with Crippen LogP contribution in [0.1, 0.15) is 36.7 Å². The van der Waals surface area contributed by atoms with E-state index < -0.39 is 17.9 Å². The second-order valence-electron chi connectivity index (χ2n) is 3.60. The zero-order chi connectivity index (χ0) is 12.7. The maximum atomic E-state index is 11.6. The number of carbonyl (C=O) groups excluding carboxylic acids is 1. The van der Waals surface area contributed by atoms with Gasteiger partial charge in [0.1, 0.15) is 11.7 Å². The Hall–Kier alpha value is -1.98. The van der Waals surface area contributed by atoms with E-state index in [-0.39, 0.29) is 5.69 Å². The lowest BCUT2D eigenvalue weighted by atomic mass is 10.1. The smallest absolute Gasteiger partial charge is 0.326 e. The van der Waals surface area contributed by atoms with Crippen LogP contribution < -0.4 is 5.32 Å². The Morgan fingerprint density at radius 3 is 2.76 bits per heavy atom. The standard InChI is InChI=1S/C11H15N3O3/c1-2-3-4-8(11(16)17)14-10(15)9-7-12-5-6-13-9/h5-8H,2-4H2,1H3,(H,14,15)(H,16,17)/t8-/m0/s1. The number of carboxylic acid groups (broad SMARTS) is 1. The summed E-state index contributed by atoms with van der Waals surface area (Å²) < 4.78 is 0. The van der Waals surface area contributed by atoms with Crippen molar-refractivity contribution in [2.45, 2.75) is 32.2 Å². The van der Waals surface area contributed by atoms with Gasteiger partial charge >= 0.3 is 5.97 Å². The van der Waals surface area contributed by atoms with Crippen molar-refractivity contribution in [2.75, 3.05) is 0 Å². The minimum atomic E-state index is -1.03. The second-order valence-corrected chi connectivity index (χ2v) is 3.60. The zero-order valence-corrected chi connectivity index (χ0v) is 9.59. The molecular formula is C11H15N3O3. The quantitative estimate of drug-likeness (QED) is 0.765. The molecule has 1 atom stereocenters. The Labute approximate surface area is 99.1 Å². The summed E-state index contributed by atoms with van der Waals surface area (Å²) in [4.78, 5) is 30.1. The van der Waals surface area contributed by atoms with Gasteiger partial charge in [0.05, 0.1) is 6.20 Å². The number of amides is 1. The summed E-state index contributed by atoms with van der Waals surface area (Å²) >= 11 is 0. The first kappa shape index (κ1) is 13.1. The number of hydrogen-bond donors (Lipinski definition) is 2. The van der Waals surface area contributed by atoms with Gasteiger partial charge in [-0.3, -0.25) is 9.78 Å². The number of rotatable bonds is 6. The molecule has 0 aliphatic carbocycles. The number of hydrogen-bond acceptors (Lipinski definition) is 4. The fraction of sp³-hybridized carbons (Fsp3) is 0.455. The summed E-state index contributed by atoms with van der Waals surface area (Å²) in [5, 5.41) is 11.4. The highest BCUT2D eigenvalue weighted by molar-refractivity contribution is 5.94. The molecule has 6 heteroatoms. The molecule has 0 bridgehead atoms. The molecule has 92 valence electrons. The van der Waals surface area contributed by atoms with E-state index in [9.17, 15) is 9.59 Å². The molecule has 1 aromatic heterocycles. The molecule has 0 fully saturated rings. The van der Waals surface area contributed by atoms with E-state index in [1.807, 2.05) is 6.92 Å². The van der Waals surface area contributed by atoms with Crippen molar-refractivity contribution in [1.82, 2.24) is 15.3 Å². The van der Waals surface area contributed by atoms with Crippen LogP contribution in [0.4, 0.5) is 0 Å². The molecule has 0 aliphatic heterocycles. The number of carboxylic acids is 1. The molecule has 0 saturated heterocycles. The minimum Gasteiger partial charge on any atom is -0.480 e. The monoisotopic (exact) mass is 237 g/mol. The fourth-order valence-corrected chi connectivity index (χ4v) is 1.31. The molecular weight excluding hydrogens is 222 g/mol. The largest absolute Gasteiger partial charge is 0.480 e. The SMILES string of the molecule is CCCC[C@H](NC(=O)c1cnccn1)C(=O)O. The summed E-state index contributed by atoms with van der Waals surface area (Å²) in [5.74, 6) is -1.54. The maximum absolute atomic E-state index is 11.6. The number of carbonyl (C=O) groups is 2. The molecule has 2 N–H and O–H groups in total. The average Bonchev–Trinajstić information content (AvgIpc) is 2.35. The van der Waals surface area contributed by atoms with Crippen molar-refractivity contribution >= 4 is 11.9 Å². The third-order valence-electron chi connectivity index (χ3n) is 2.25. The van der Waals surface area contributed by atoms with E-state index in [4.69, 9.17) is 5.11 Å². The summed E-state index contributed by atoms with van der Waals surface area (Å²) in [5.41, 5.74) is 0.121. The number of aliphatic carboxylic acids is 1. The molecule has 1 amide bonds. The maximum Gasteiger partial charge on any atom is 0.326 e. The summed E-state index contributed by atoms with van der Waals surface area (Å²) in [6.07, 6.45) is 6.17. The summed E-state index contributed by atoms with van der Waals surface area (Å²) in [7, 11) is 0. The average molecular weight is 237 g/mol. The van der Waals surface area contributed by atoms with Crippen LogP contribution in [0.2, 0.25) is 0 Å². The minimum absolute atomic E-state index is 0.121. The van der Waals surface area contributed by atoms with E-state index in [0.717, 1.165) is 12.8 Å². The van der Waals surface area contributed by atoms with Gasteiger partial charge in [-0.1, -0.05) is 19.8 Å². The van der Waals surface area contributed by atoms with Crippen LogP contribution in [0.25, 0.3) is 0 Å². The molecule has 0 unspecified atom stereocenters. The van der Waals surface area contributed by atoms with Gasteiger partial charge in [0.25, 0.3) is 5.91 Å². The Morgan fingerprint density at radius 2 is 2.24 bits per heavy atom. The first-order valence-corrected chi connectivity index (χ1v) is 5.44. The van der Waals surface area contributed by atoms with Crippen LogP contribution in [0.15, 0.2) is 18.6 Å². The molecule has 0 spiro atoms. The van der Waals surface area contributed by atoms with Crippen LogP contribution in [-0.2, 0) is 4.79 Å². The first-order chi connectivity index (χ1) is 8.15. The predicted molar refractivity (Wildman–Crippen MR) is 60.4 cm³/mol. The third-order valence-corrected chi connectivity index (χ3v) is 2.25. The fourth-order valence-electron chi connectivity index (χ4n) is 1.31. The molecule has 1 rings (SSSR count). The third kappa shape index (κ3) is 4.18. The Balaban J connectivity index is 2.61. The van der Waals surface area contributed by atoms with Crippen molar-refractivity contribution < 1.29 is 14.7 Å². The van der Waals surface area contributed by atoms with Crippen molar-refractivity contribution in [3.63, 3.8) is 0 Å². The second kappa shape index (κ2) is 6.57. The van der Waals surface area contributed by atoms with Gasteiger partial charge in [-0.05, 0) is 6.42 Å². The lowest BCUT2D eigenvalue weighted by Gasteiger charge is -2.13. The molecule has 17 heavy (non-hydrogen) atoms. The summed E-state index contributed by atoms with van der Waals surface area (Å²) in [6, 6.07) is -0.871. The molecule has 0 aromatic carbocycles. The highest BCUT2D eigenvalue weighted by atomic mass is 16.4. The number of unbranched alkanes of at least 4 members (excludes halogenated alkanes) is 1. The first-order valence-electron chi connectivity index (χ1n) is 5.44. The molecule has 1 heterocycles. The number of nitrogens with one attached hydrogen (secondary N) is 1. The lowest BCUT2D eigenvalue weighted by molar-refractivity contribution is -0.139. The molecule has 0 aliphatic rings. The van der Waals surface area contributed by atoms with Crippen LogP contribution in [0.5, 0.6) is 0 Å². The van der Waals surface area contributed by atoms with Gasteiger partial charge in [0, 0.05) is 12.4 Å². The highest BCUT2D eigenvalue weighted by Gasteiger charge is 2.20. The van der Waals surface area contributed by atoms with Crippen molar-refractivity contribution in [3.8, 4) is 0 Å². The van der Waals surface area contributed by atoms with Gasteiger partial charge in [0.15, 0.2) is 0 Å². The van der Waals surface area contributed by atoms with Crippen molar-refractivity contribution in [2.24, 2.45) is 0 Å². The predicted octanol–water partition coefficient (Wildman–Crippen LogP) is 0.850. The molecule has 6 nitrogen and oxygen atoms in total. The van der Waals surface area contributed by atoms with Gasteiger partial charge in [-0.25, -0.2) is 9.78 Å². The van der Waals surface area contributed by atoms with Crippen molar-refractivity contribution in [3.05, 3.63) is 24.3 Å². The van der Waals surface area contributed by atoms with Crippen LogP contribution in [-0.4, -0.2) is 33.0 Å². The van der Waals surface area contributed by atoms with Gasteiger partial charge < -0.3 is 10.4 Å². The normalized spacial score (nSPS) is 11.8. The number of aromatic nitrogens is 2.